The number of para-hydroxylation sites is 1. The Hall–Kier alpha value is -1.44. The molecule has 0 saturated heterocycles. The lowest BCUT2D eigenvalue weighted by atomic mass is 10.1. The monoisotopic (exact) mass is 326 g/mol. The summed E-state index contributed by atoms with van der Waals surface area (Å²) in [4.78, 5) is 12.4. The second kappa shape index (κ2) is 7.21. The molecule has 0 saturated carbocycles. The summed E-state index contributed by atoms with van der Waals surface area (Å²) in [6.07, 6.45) is 1.22. The maximum absolute atomic E-state index is 12.6. The molecule has 1 aliphatic rings. The Bertz CT molecular complexity index is 630. The lowest BCUT2D eigenvalue weighted by Crippen LogP contribution is -2.46. The molecule has 22 heavy (non-hydrogen) atoms. The summed E-state index contributed by atoms with van der Waals surface area (Å²) < 4.78 is 31.4. The number of rotatable bonds is 6. The predicted molar refractivity (Wildman–Crippen MR) is 85.0 cm³/mol. The largest absolute Gasteiger partial charge is 0.384 e. The van der Waals surface area contributed by atoms with Gasteiger partial charge < -0.3 is 10.1 Å². The van der Waals surface area contributed by atoms with Gasteiger partial charge in [0.25, 0.3) is 0 Å². The Labute approximate surface area is 131 Å². The van der Waals surface area contributed by atoms with E-state index in [2.05, 4.69) is 5.32 Å². The van der Waals surface area contributed by atoms with Crippen molar-refractivity contribution in [2.24, 2.45) is 0 Å². The zero-order chi connectivity index (χ0) is 16.2. The van der Waals surface area contributed by atoms with Crippen LogP contribution in [-0.4, -0.2) is 44.1 Å². The van der Waals surface area contributed by atoms with E-state index >= 15 is 0 Å². The van der Waals surface area contributed by atoms with Crippen molar-refractivity contribution in [3.05, 3.63) is 29.8 Å². The van der Waals surface area contributed by atoms with Crippen LogP contribution in [0, 0.1) is 0 Å². The highest BCUT2D eigenvalue weighted by atomic mass is 32.2. The van der Waals surface area contributed by atoms with Gasteiger partial charge in [0.1, 0.15) is 6.04 Å². The average Bonchev–Trinajstić information content (AvgIpc) is 2.63. The molecule has 0 bridgehead atoms. The first kappa shape index (κ1) is 16.9. The van der Waals surface area contributed by atoms with Gasteiger partial charge in [-0.3, -0.25) is 4.79 Å². The van der Waals surface area contributed by atoms with Gasteiger partial charge >= 0.3 is 0 Å². The van der Waals surface area contributed by atoms with Crippen molar-refractivity contribution < 1.29 is 17.9 Å². The van der Waals surface area contributed by atoms with Gasteiger partial charge in [0, 0.05) is 19.3 Å². The maximum atomic E-state index is 12.6. The van der Waals surface area contributed by atoms with E-state index in [1.807, 2.05) is 25.1 Å². The molecule has 1 N–H and O–H groups in total. The second-order valence-corrected chi connectivity index (χ2v) is 7.35. The number of hydrogen-bond donors (Lipinski definition) is 1. The lowest BCUT2D eigenvalue weighted by molar-refractivity contribution is -0.119. The Morgan fingerprint density at radius 2 is 2.09 bits per heavy atom. The summed E-state index contributed by atoms with van der Waals surface area (Å²) in [5.41, 5.74) is 1.48. The molecule has 0 unspecified atom stereocenters. The van der Waals surface area contributed by atoms with Crippen LogP contribution < -0.4 is 5.32 Å². The minimum atomic E-state index is -3.57. The fraction of sp³-hybridized carbons (Fsp3) is 0.533. The molecule has 0 aromatic heterocycles. The molecular formula is C15H22N2O4S. The molecule has 122 valence electrons. The topological polar surface area (TPSA) is 75.7 Å². The minimum Gasteiger partial charge on any atom is -0.384 e. The van der Waals surface area contributed by atoms with E-state index < -0.39 is 16.1 Å². The van der Waals surface area contributed by atoms with Crippen molar-refractivity contribution >= 4 is 21.6 Å². The minimum absolute atomic E-state index is 0.112. The van der Waals surface area contributed by atoms with Crippen molar-refractivity contribution in [2.45, 2.75) is 32.4 Å². The highest BCUT2D eigenvalue weighted by Gasteiger charge is 2.36. The SMILES string of the molecule is CCC[C@H]1C(=O)Nc2ccccc2CN1S(=O)(=O)CCOC. The first-order valence-electron chi connectivity index (χ1n) is 7.36. The van der Waals surface area contributed by atoms with Crippen LogP contribution in [0.15, 0.2) is 24.3 Å². The molecule has 1 aliphatic heterocycles. The molecule has 1 heterocycles. The number of ether oxygens (including phenoxy) is 1. The van der Waals surface area contributed by atoms with Crippen molar-refractivity contribution in [2.75, 3.05) is 24.8 Å². The molecule has 6 nitrogen and oxygen atoms in total. The number of carbonyl (C=O) groups excluding carboxylic acids is 1. The normalized spacial score (nSPS) is 19.4. The Kier molecular flexibility index (Phi) is 5.55. The quantitative estimate of drug-likeness (QED) is 0.861. The van der Waals surface area contributed by atoms with Gasteiger partial charge in [0.2, 0.25) is 15.9 Å². The first-order valence-corrected chi connectivity index (χ1v) is 8.97. The zero-order valence-electron chi connectivity index (χ0n) is 12.9. The fourth-order valence-corrected chi connectivity index (χ4v) is 4.09. The average molecular weight is 326 g/mol. The van der Waals surface area contributed by atoms with Crippen LogP contribution in [0.5, 0.6) is 0 Å². The molecule has 1 amide bonds. The second-order valence-electron chi connectivity index (χ2n) is 5.30. The summed E-state index contributed by atoms with van der Waals surface area (Å²) in [7, 11) is -2.11. The maximum Gasteiger partial charge on any atom is 0.242 e. The fourth-order valence-electron chi connectivity index (χ4n) is 2.55. The number of nitrogens with one attached hydrogen (secondary N) is 1. The number of sulfonamides is 1. The molecule has 0 aliphatic carbocycles. The summed E-state index contributed by atoms with van der Waals surface area (Å²) >= 11 is 0. The zero-order valence-corrected chi connectivity index (χ0v) is 13.7. The van der Waals surface area contributed by atoms with Gasteiger partial charge in [-0.1, -0.05) is 31.5 Å². The first-order chi connectivity index (χ1) is 10.5. The number of methoxy groups -OCH3 is 1. The van der Waals surface area contributed by atoms with Crippen molar-refractivity contribution in [1.82, 2.24) is 4.31 Å². The third-order valence-electron chi connectivity index (χ3n) is 3.72. The molecule has 1 aromatic rings. The molecule has 2 rings (SSSR count). The number of anilines is 1. The van der Waals surface area contributed by atoms with E-state index in [4.69, 9.17) is 4.74 Å². The predicted octanol–water partition coefficient (Wildman–Crippen LogP) is 1.59. The van der Waals surface area contributed by atoms with Gasteiger partial charge in [0.15, 0.2) is 0 Å². The molecule has 0 fully saturated rings. The summed E-state index contributed by atoms with van der Waals surface area (Å²) in [5.74, 6) is -0.396. The number of fused-ring (bicyclic) bond motifs is 1. The standard InChI is InChI=1S/C15H22N2O4S/c1-3-6-14-15(18)16-13-8-5-4-7-12(13)11-17(14)22(19,20)10-9-21-2/h4-5,7-8,14H,3,6,9-11H2,1-2H3,(H,16,18)/t14-/m0/s1. The number of hydrogen-bond acceptors (Lipinski definition) is 4. The molecule has 1 aromatic carbocycles. The summed E-state index contributed by atoms with van der Waals surface area (Å²) in [5, 5.41) is 2.84. The molecule has 0 spiro atoms. The molecular weight excluding hydrogens is 304 g/mol. The Morgan fingerprint density at radius 1 is 1.36 bits per heavy atom. The van der Waals surface area contributed by atoms with Crippen LogP contribution in [0.25, 0.3) is 0 Å². The van der Waals surface area contributed by atoms with Crippen molar-refractivity contribution in [1.29, 1.82) is 0 Å². The molecule has 0 radical (unpaired) electrons. The number of amides is 1. The molecule has 1 atom stereocenters. The van der Waals surface area contributed by atoms with Gasteiger partial charge in [-0.15, -0.1) is 0 Å². The van der Waals surface area contributed by atoms with E-state index in [1.165, 1.54) is 11.4 Å². The van der Waals surface area contributed by atoms with Crippen LogP contribution in [-0.2, 0) is 26.1 Å². The smallest absolute Gasteiger partial charge is 0.242 e. The number of carbonyl (C=O) groups is 1. The van der Waals surface area contributed by atoms with Crippen LogP contribution in [0.4, 0.5) is 5.69 Å². The van der Waals surface area contributed by atoms with E-state index in [-0.39, 0.29) is 24.8 Å². The molecule has 7 heteroatoms. The third kappa shape index (κ3) is 3.66. The van der Waals surface area contributed by atoms with Crippen LogP contribution in [0.1, 0.15) is 25.3 Å². The highest BCUT2D eigenvalue weighted by Crippen LogP contribution is 2.27. The third-order valence-corrected chi connectivity index (χ3v) is 5.50. The van der Waals surface area contributed by atoms with Crippen LogP contribution in [0.2, 0.25) is 0 Å². The summed E-state index contributed by atoms with van der Waals surface area (Å²) in [6, 6.07) is 6.61. The van der Waals surface area contributed by atoms with Crippen LogP contribution >= 0.6 is 0 Å². The van der Waals surface area contributed by atoms with E-state index in [9.17, 15) is 13.2 Å². The number of benzene rings is 1. The van der Waals surface area contributed by atoms with E-state index in [0.29, 0.717) is 12.1 Å². The van der Waals surface area contributed by atoms with E-state index in [0.717, 1.165) is 12.0 Å². The van der Waals surface area contributed by atoms with Gasteiger partial charge in [-0.2, -0.15) is 4.31 Å². The number of nitrogens with zero attached hydrogens (tertiary/aromatic N) is 1. The van der Waals surface area contributed by atoms with Crippen molar-refractivity contribution in [3.8, 4) is 0 Å². The van der Waals surface area contributed by atoms with E-state index in [1.54, 1.807) is 6.07 Å². The van der Waals surface area contributed by atoms with Crippen LogP contribution in [0.3, 0.4) is 0 Å². The van der Waals surface area contributed by atoms with Crippen molar-refractivity contribution in [3.63, 3.8) is 0 Å². The summed E-state index contributed by atoms with van der Waals surface area (Å²) in [6.45, 7) is 2.25. The Balaban J connectivity index is 2.40. The van der Waals surface area contributed by atoms with Gasteiger partial charge in [-0.05, 0) is 18.1 Å². The van der Waals surface area contributed by atoms with Gasteiger partial charge in [-0.25, -0.2) is 8.42 Å². The Morgan fingerprint density at radius 3 is 2.77 bits per heavy atom. The lowest BCUT2D eigenvalue weighted by Gasteiger charge is -2.27. The highest BCUT2D eigenvalue weighted by molar-refractivity contribution is 7.89. The van der Waals surface area contributed by atoms with Gasteiger partial charge in [0.05, 0.1) is 12.4 Å².